The maximum Gasteiger partial charge on any atom is 0.295 e. The minimum atomic E-state index is -0.583. The predicted octanol–water partition coefficient (Wildman–Crippen LogP) is 3.54. The minimum Gasteiger partial charge on any atom is -0.332 e. The first-order chi connectivity index (χ1) is 10.4. The van der Waals surface area contributed by atoms with Crippen LogP contribution >= 0.6 is 0 Å². The predicted molar refractivity (Wildman–Crippen MR) is 83.1 cm³/mol. The zero-order chi connectivity index (χ0) is 16.3. The second-order valence-corrected chi connectivity index (χ2v) is 5.34. The number of halogens is 1. The normalized spacial score (nSPS) is 11.8. The van der Waals surface area contributed by atoms with E-state index in [0.717, 1.165) is 11.1 Å². The first-order valence-electron chi connectivity index (χ1n) is 7.04. The second kappa shape index (κ2) is 6.52. The maximum absolute atomic E-state index is 13.0. The van der Waals surface area contributed by atoms with E-state index in [2.05, 4.69) is 0 Å². The molecule has 1 amide bonds. The molecular formula is C18H18FNO2. The van der Waals surface area contributed by atoms with Crippen LogP contribution in [0.4, 0.5) is 4.39 Å². The van der Waals surface area contributed by atoms with Gasteiger partial charge in [-0.3, -0.25) is 9.59 Å². The lowest BCUT2D eigenvalue weighted by Crippen LogP contribution is -2.35. The molecule has 0 aliphatic carbocycles. The Balaban J connectivity index is 2.15. The van der Waals surface area contributed by atoms with Crippen molar-refractivity contribution >= 4 is 11.7 Å². The summed E-state index contributed by atoms with van der Waals surface area (Å²) in [6.07, 6.45) is 0. The van der Waals surface area contributed by atoms with Crippen molar-refractivity contribution in [2.24, 2.45) is 0 Å². The van der Waals surface area contributed by atoms with E-state index in [1.807, 2.05) is 6.92 Å². The largest absolute Gasteiger partial charge is 0.332 e. The lowest BCUT2D eigenvalue weighted by molar-refractivity contribution is -0.127. The summed E-state index contributed by atoms with van der Waals surface area (Å²) in [5.41, 5.74) is 2.17. The number of aryl methyl sites for hydroxylation is 1. The molecule has 0 aliphatic heterocycles. The Morgan fingerprint density at radius 3 is 2.09 bits per heavy atom. The van der Waals surface area contributed by atoms with Crippen LogP contribution in [-0.4, -0.2) is 23.6 Å². The molecule has 2 rings (SSSR count). The number of nitrogens with zero attached hydrogens (tertiary/aromatic N) is 1. The number of Topliss-reactive ketones (excluding diaryl/α,β-unsaturated/α-hetero) is 1. The topological polar surface area (TPSA) is 37.4 Å². The molecule has 0 saturated heterocycles. The Morgan fingerprint density at radius 2 is 1.55 bits per heavy atom. The van der Waals surface area contributed by atoms with E-state index in [-0.39, 0.29) is 11.9 Å². The van der Waals surface area contributed by atoms with Crippen LogP contribution in [0.2, 0.25) is 0 Å². The number of benzene rings is 2. The summed E-state index contributed by atoms with van der Waals surface area (Å²) in [5, 5.41) is 0. The Labute approximate surface area is 129 Å². The fourth-order valence-corrected chi connectivity index (χ4v) is 2.13. The van der Waals surface area contributed by atoms with Crippen molar-refractivity contribution in [3.63, 3.8) is 0 Å². The van der Waals surface area contributed by atoms with Crippen LogP contribution in [0.15, 0.2) is 48.5 Å². The summed E-state index contributed by atoms with van der Waals surface area (Å²) in [6, 6.07) is 12.5. The van der Waals surface area contributed by atoms with Crippen LogP contribution in [0.1, 0.15) is 34.5 Å². The standard InChI is InChI=1S/C18H18FNO2/c1-12-4-6-15(7-5-12)17(21)18(22)20(3)13(2)14-8-10-16(19)11-9-14/h4-11,13H,1-3H3. The molecule has 2 aromatic rings. The van der Waals surface area contributed by atoms with Crippen LogP contribution in [0.25, 0.3) is 0 Å². The molecule has 0 spiro atoms. The van der Waals surface area contributed by atoms with Gasteiger partial charge in [0.2, 0.25) is 5.78 Å². The van der Waals surface area contributed by atoms with Gasteiger partial charge in [0.25, 0.3) is 5.91 Å². The molecule has 22 heavy (non-hydrogen) atoms. The molecule has 1 unspecified atom stereocenters. The SMILES string of the molecule is Cc1ccc(C(=O)C(=O)N(C)C(C)c2ccc(F)cc2)cc1. The third kappa shape index (κ3) is 3.39. The van der Waals surface area contributed by atoms with Crippen molar-refractivity contribution in [2.75, 3.05) is 7.05 Å². The number of hydrogen-bond acceptors (Lipinski definition) is 2. The third-order valence-electron chi connectivity index (χ3n) is 3.76. The van der Waals surface area contributed by atoms with E-state index in [1.165, 1.54) is 17.0 Å². The van der Waals surface area contributed by atoms with Crippen LogP contribution in [0, 0.1) is 12.7 Å². The summed E-state index contributed by atoms with van der Waals surface area (Å²) >= 11 is 0. The minimum absolute atomic E-state index is 0.317. The van der Waals surface area contributed by atoms with Crippen LogP contribution in [0.3, 0.4) is 0 Å². The fraction of sp³-hybridized carbons (Fsp3) is 0.222. The van der Waals surface area contributed by atoms with Crippen LogP contribution < -0.4 is 0 Å². The number of rotatable bonds is 4. The second-order valence-electron chi connectivity index (χ2n) is 5.34. The molecule has 0 saturated carbocycles. The monoisotopic (exact) mass is 299 g/mol. The highest BCUT2D eigenvalue weighted by atomic mass is 19.1. The highest BCUT2D eigenvalue weighted by Gasteiger charge is 2.24. The molecular weight excluding hydrogens is 281 g/mol. The zero-order valence-electron chi connectivity index (χ0n) is 12.8. The molecule has 0 bridgehead atoms. The van der Waals surface area contributed by atoms with Gasteiger partial charge >= 0.3 is 0 Å². The Kier molecular flexibility index (Phi) is 4.71. The summed E-state index contributed by atoms with van der Waals surface area (Å²) in [4.78, 5) is 25.9. The highest BCUT2D eigenvalue weighted by molar-refractivity contribution is 6.42. The van der Waals surface area contributed by atoms with E-state index in [0.29, 0.717) is 5.56 Å². The molecule has 0 N–H and O–H groups in total. The molecule has 0 aromatic heterocycles. The van der Waals surface area contributed by atoms with Crippen molar-refractivity contribution in [2.45, 2.75) is 19.9 Å². The molecule has 3 nitrogen and oxygen atoms in total. The number of hydrogen-bond donors (Lipinski definition) is 0. The van der Waals surface area contributed by atoms with E-state index in [4.69, 9.17) is 0 Å². The average molecular weight is 299 g/mol. The van der Waals surface area contributed by atoms with Gasteiger partial charge in [0.15, 0.2) is 0 Å². The summed E-state index contributed by atoms with van der Waals surface area (Å²) in [6.45, 7) is 3.71. The van der Waals surface area contributed by atoms with Crippen molar-refractivity contribution in [1.29, 1.82) is 0 Å². The van der Waals surface area contributed by atoms with Crippen molar-refractivity contribution in [3.05, 3.63) is 71.0 Å². The number of amides is 1. The van der Waals surface area contributed by atoms with E-state index in [1.54, 1.807) is 50.4 Å². The quantitative estimate of drug-likeness (QED) is 0.639. The molecule has 0 radical (unpaired) electrons. The Hall–Kier alpha value is -2.49. The molecule has 4 heteroatoms. The first-order valence-corrected chi connectivity index (χ1v) is 7.04. The summed E-state index contributed by atoms with van der Waals surface area (Å²) in [7, 11) is 1.57. The number of carbonyl (C=O) groups excluding carboxylic acids is 2. The molecule has 1 atom stereocenters. The van der Waals surface area contributed by atoms with Crippen molar-refractivity contribution < 1.29 is 14.0 Å². The number of carbonyl (C=O) groups is 2. The molecule has 0 aliphatic rings. The first kappa shape index (κ1) is 15.9. The van der Waals surface area contributed by atoms with Crippen LogP contribution in [-0.2, 0) is 4.79 Å². The third-order valence-corrected chi connectivity index (χ3v) is 3.76. The molecule has 0 fully saturated rings. The van der Waals surface area contributed by atoms with Gasteiger partial charge in [0, 0.05) is 12.6 Å². The van der Waals surface area contributed by atoms with E-state index < -0.39 is 11.7 Å². The van der Waals surface area contributed by atoms with Gasteiger partial charge in [-0.2, -0.15) is 0 Å². The Morgan fingerprint density at radius 1 is 1.00 bits per heavy atom. The summed E-state index contributed by atoms with van der Waals surface area (Å²) < 4.78 is 13.0. The van der Waals surface area contributed by atoms with Gasteiger partial charge in [0.05, 0.1) is 6.04 Å². The smallest absolute Gasteiger partial charge is 0.295 e. The van der Waals surface area contributed by atoms with Gasteiger partial charge in [-0.1, -0.05) is 42.0 Å². The summed E-state index contributed by atoms with van der Waals surface area (Å²) in [5.74, 6) is -1.46. The van der Waals surface area contributed by atoms with Gasteiger partial charge in [0.1, 0.15) is 5.82 Å². The molecule has 114 valence electrons. The van der Waals surface area contributed by atoms with Crippen molar-refractivity contribution in [1.82, 2.24) is 4.90 Å². The van der Waals surface area contributed by atoms with Gasteiger partial charge < -0.3 is 4.90 Å². The lowest BCUT2D eigenvalue weighted by atomic mass is 10.0. The van der Waals surface area contributed by atoms with E-state index >= 15 is 0 Å². The van der Waals surface area contributed by atoms with Crippen LogP contribution in [0.5, 0.6) is 0 Å². The molecule has 0 heterocycles. The highest BCUT2D eigenvalue weighted by Crippen LogP contribution is 2.20. The van der Waals surface area contributed by atoms with Gasteiger partial charge in [-0.15, -0.1) is 0 Å². The number of likely N-dealkylation sites (N-methyl/N-ethyl adjacent to an activating group) is 1. The zero-order valence-corrected chi connectivity index (χ0v) is 12.8. The van der Waals surface area contributed by atoms with Gasteiger partial charge in [-0.25, -0.2) is 4.39 Å². The fourth-order valence-electron chi connectivity index (χ4n) is 2.13. The van der Waals surface area contributed by atoms with Gasteiger partial charge in [-0.05, 0) is 31.5 Å². The maximum atomic E-state index is 13.0. The molecule has 2 aromatic carbocycles. The lowest BCUT2D eigenvalue weighted by Gasteiger charge is -2.24. The average Bonchev–Trinajstić information content (AvgIpc) is 2.53. The van der Waals surface area contributed by atoms with E-state index in [9.17, 15) is 14.0 Å². The number of ketones is 1. The Bertz CT molecular complexity index is 677. The van der Waals surface area contributed by atoms with Crippen molar-refractivity contribution in [3.8, 4) is 0 Å².